The van der Waals surface area contributed by atoms with Crippen LogP contribution in [0.5, 0.6) is 17.2 Å². The Balaban J connectivity index is 1.80. The van der Waals surface area contributed by atoms with Gasteiger partial charge >= 0.3 is 0 Å². The van der Waals surface area contributed by atoms with Crippen molar-refractivity contribution in [2.45, 2.75) is 27.7 Å². The first-order chi connectivity index (χ1) is 17.4. The molecule has 0 saturated carbocycles. The summed E-state index contributed by atoms with van der Waals surface area (Å²) in [6.45, 7) is 8.14. The Morgan fingerprint density at radius 2 is 1.86 bits per heavy atom. The lowest BCUT2D eigenvalue weighted by molar-refractivity contribution is -0.111. The second kappa shape index (κ2) is 10.6. The third-order valence-corrected chi connectivity index (χ3v) is 5.94. The van der Waals surface area contributed by atoms with E-state index in [-0.39, 0.29) is 5.91 Å². The molecule has 2 aromatic heterocycles. The maximum absolute atomic E-state index is 12.8. The van der Waals surface area contributed by atoms with Crippen LogP contribution in [0.4, 0.5) is 5.82 Å². The molecule has 0 aliphatic rings. The molecular weight excluding hydrogens is 456 g/mol. The lowest BCUT2D eigenvalue weighted by Crippen LogP contribution is -2.10. The van der Waals surface area contributed by atoms with Crippen LogP contribution in [0, 0.1) is 13.8 Å². The maximum Gasteiger partial charge on any atom is 0.249 e. The summed E-state index contributed by atoms with van der Waals surface area (Å²) >= 11 is 0. The van der Waals surface area contributed by atoms with E-state index in [1.54, 1.807) is 32.6 Å². The van der Waals surface area contributed by atoms with Gasteiger partial charge in [-0.3, -0.25) is 4.79 Å². The molecule has 0 spiro atoms. The van der Waals surface area contributed by atoms with Gasteiger partial charge in [-0.05, 0) is 69.2 Å². The van der Waals surface area contributed by atoms with Crippen LogP contribution >= 0.6 is 0 Å². The average Bonchev–Trinajstić information content (AvgIpc) is 3.29. The number of pyridine rings is 1. The van der Waals surface area contributed by atoms with Gasteiger partial charge in [-0.1, -0.05) is 12.1 Å². The van der Waals surface area contributed by atoms with Gasteiger partial charge in [0.1, 0.15) is 17.2 Å². The van der Waals surface area contributed by atoms with E-state index in [0.717, 1.165) is 44.5 Å². The molecule has 0 atom stereocenters. The number of carbonyl (C=O) groups excluding carboxylic acids is 1. The van der Waals surface area contributed by atoms with Crippen molar-refractivity contribution in [2.75, 3.05) is 26.1 Å². The predicted octanol–water partition coefficient (Wildman–Crippen LogP) is 6.57. The van der Waals surface area contributed by atoms with Crippen molar-refractivity contribution < 1.29 is 23.4 Å². The number of hydrogen-bond donors (Lipinski definition) is 1. The SMILES string of the molecule is CCOc1c(/C(C)=C/C(=O)Nc2cccc(C)n2)cc2c(-c3ccc(OC)c(OC)c3)coc2c1C. The standard InChI is InChI=1S/C29H30N2O5/c1-7-35-28-19(4)29-22(23(16-36-29)20-11-12-24(33-5)25(14-20)34-6)15-21(28)17(2)13-27(32)31-26-10-8-9-18(3)30-26/h8-16H,7H2,1-6H3,(H,30,31,32)/b17-13+. The highest BCUT2D eigenvalue weighted by molar-refractivity contribution is 6.05. The van der Waals surface area contributed by atoms with Crippen LogP contribution in [0.3, 0.4) is 0 Å². The summed E-state index contributed by atoms with van der Waals surface area (Å²) in [5.74, 6) is 2.21. The van der Waals surface area contributed by atoms with E-state index in [1.165, 1.54) is 0 Å². The molecule has 1 amide bonds. The number of allylic oxidation sites excluding steroid dienone is 1. The monoisotopic (exact) mass is 486 g/mol. The number of nitrogens with zero attached hydrogens (tertiary/aromatic N) is 1. The van der Waals surface area contributed by atoms with Gasteiger partial charge in [0.2, 0.25) is 5.91 Å². The number of rotatable bonds is 8. The number of aryl methyl sites for hydroxylation is 2. The molecule has 36 heavy (non-hydrogen) atoms. The minimum absolute atomic E-state index is 0.266. The van der Waals surface area contributed by atoms with Crippen molar-refractivity contribution in [1.82, 2.24) is 4.98 Å². The number of hydrogen-bond acceptors (Lipinski definition) is 6. The number of benzene rings is 2. The Morgan fingerprint density at radius 3 is 2.56 bits per heavy atom. The number of ether oxygens (including phenoxy) is 3. The Morgan fingerprint density at radius 1 is 1.08 bits per heavy atom. The van der Waals surface area contributed by atoms with E-state index >= 15 is 0 Å². The first-order valence-corrected chi connectivity index (χ1v) is 11.7. The number of carbonyl (C=O) groups is 1. The first kappa shape index (κ1) is 24.9. The number of anilines is 1. The molecular formula is C29H30N2O5. The largest absolute Gasteiger partial charge is 0.493 e. The van der Waals surface area contributed by atoms with E-state index in [4.69, 9.17) is 18.6 Å². The van der Waals surface area contributed by atoms with Crippen LogP contribution in [-0.4, -0.2) is 31.7 Å². The third-order valence-electron chi connectivity index (χ3n) is 5.94. The molecule has 0 fully saturated rings. The fourth-order valence-electron chi connectivity index (χ4n) is 4.22. The van der Waals surface area contributed by atoms with Crippen LogP contribution in [0.2, 0.25) is 0 Å². The Kier molecular flexibility index (Phi) is 7.29. The fraction of sp³-hybridized carbons (Fsp3) is 0.241. The number of aromatic nitrogens is 1. The molecule has 0 unspecified atom stereocenters. The van der Waals surface area contributed by atoms with Crippen LogP contribution in [0.25, 0.3) is 27.7 Å². The summed E-state index contributed by atoms with van der Waals surface area (Å²) < 4.78 is 22.9. The van der Waals surface area contributed by atoms with Crippen molar-refractivity contribution in [2.24, 2.45) is 0 Å². The van der Waals surface area contributed by atoms with Gasteiger partial charge in [0.05, 0.1) is 27.1 Å². The third kappa shape index (κ3) is 4.91. The minimum Gasteiger partial charge on any atom is -0.493 e. The zero-order valence-electron chi connectivity index (χ0n) is 21.4. The van der Waals surface area contributed by atoms with Gasteiger partial charge in [-0.2, -0.15) is 0 Å². The Hall–Kier alpha value is -4.26. The smallest absolute Gasteiger partial charge is 0.249 e. The minimum atomic E-state index is -0.266. The topological polar surface area (TPSA) is 82.8 Å². The van der Waals surface area contributed by atoms with Gasteiger partial charge in [0.15, 0.2) is 11.5 Å². The van der Waals surface area contributed by atoms with Crippen molar-refractivity contribution in [3.05, 3.63) is 71.6 Å². The summed E-state index contributed by atoms with van der Waals surface area (Å²) in [5.41, 5.74) is 5.82. The molecule has 7 nitrogen and oxygen atoms in total. The van der Waals surface area contributed by atoms with Gasteiger partial charge in [0, 0.05) is 33.8 Å². The normalized spacial score (nSPS) is 11.4. The molecule has 7 heteroatoms. The second-order valence-electron chi connectivity index (χ2n) is 8.39. The van der Waals surface area contributed by atoms with Crippen LogP contribution in [0.1, 0.15) is 30.7 Å². The van der Waals surface area contributed by atoms with E-state index in [9.17, 15) is 4.79 Å². The highest BCUT2D eigenvalue weighted by Gasteiger charge is 2.20. The van der Waals surface area contributed by atoms with Crippen molar-refractivity contribution in [1.29, 1.82) is 0 Å². The summed E-state index contributed by atoms with van der Waals surface area (Å²) in [6, 6.07) is 13.2. The highest BCUT2D eigenvalue weighted by Crippen LogP contribution is 2.42. The van der Waals surface area contributed by atoms with Crippen LogP contribution in [0.15, 0.2) is 59.2 Å². The average molecular weight is 487 g/mol. The lowest BCUT2D eigenvalue weighted by Gasteiger charge is -2.15. The quantitative estimate of drug-likeness (QED) is 0.284. The lowest BCUT2D eigenvalue weighted by atomic mass is 9.96. The van der Waals surface area contributed by atoms with Gasteiger partial charge in [-0.15, -0.1) is 0 Å². The number of furan rings is 1. The first-order valence-electron chi connectivity index (χ1n) is 11.7. The summed E-state index contributed by atoms with van der Waals surface area (Å²) in [4.78, 5) is 17.1. The number of nitrogens with one attached hydrogen (secondary N) is 1. The molecule has 2 heterocycles. The molecule has 1 N–H and O–H groups in total. The van der Waals surface area contributed by atoms with E-state index in [1.807, 2.05) is 64.1 Å². The molecule has 0 aliphatic heterocycles. The van der Waals surface area contributed by atoms with Crippen molar-refractivity contribution in [3.8, 4) is 28.4 Å². The summed E-state index contributed by atoms with van der Waals surface area (Å²) in [6.07, 6.45) is 3.29. The Labute approximate surface area is 210 Å². The molecule has 4 aromatic rings. The summed E-state index contributed by atoms with van der Waals surface area (Å²) in [5, 5.41) is 3.74. The van der Waals surface area contributed by atoms with Crippen LogP contribution < -0.4 is 19.5 Å². The number of amides is 1. The number of methoxy groups -OCH3 is 2. The molecule has 0 aliphatic carbocycles. The molecule has 0 saturated heterocycles. The number of fused-ring (bicyclic) bond motifs is 1. The molecule has 186 valence electrons. The van der Waals surface area contributed by atoms with Crippen molar-refractivity contribution in [3.63, 3.8) is 0 Å². The van der Waals surface area contributed by atoms with E-state index < -0.39 is 0 Å². The molecule has 2 aromatic carbocycles. The van der Waals surface area contributed by atoms with E-state index in [2.05, 4.69) is 10.3 Å². The molecule has 4 rings (SSSR count). The zero-order chi connectivity index (χ0) is 25.8. The predicted molar refractivity (Wildman–Crippen MR) is 142 cm³/mol. The second-order valence-corrected chi connectivity index (χ2v) is 8.39. The fourth-order valence-corrected chi connectivity index (χ4v) is 4.22. The molecule has 0 bridgehead atoms. The summed E-state index contributed by atoms with van der Waals surface area (Å²) in [7, 11) is 3.22. The van der Waals surface area contributed by atoms with E-state index in [0.29, 0.717) is 29.7 Å². The zero-order valence-corrected chi connectivity index (χ0v) is 21.4. The van der Waals surface area contributed by atoms with Crippen LogP contribution in [-0.2, 0) is 4.79 Å². The van der Waals surface area contributed by atoms with Gasteiger partial charge < -0.3 is 23.9 Å². The highest BCUT2D eigenvalue weighted by atomic mass is 16.5. The van der Waals surface area contributed by atoms with Gasteiger partial charge in [0.25, 0.3) is 0 Å². The molecule has 0 radical (unpaired) electrons. The van der Waals surface area contributed by atoms with Crippen molar-refractivity contribution >= 4 is 28.3 Å². The van der Waals surface area contributed by atoms with Gasteiger partial charge in [-0.25, -0.2) is 4.98 Å². The Bertz CT molecular complexity index is 1450. The maximum atomic E-state index is 12.8.